The van der Waals surface area contributed by atoms with Gasteiger partial charge in [0.25, 0.3) is 0 Å². The van der Waals surface area contributed by atoms with E-state index in [0.29, 0.717) is 0 Å². The summed E-state index contributed by atoms with van der Waals surface area (Å²) in [6.07, 6.45) is -3.29. The first-order chi connectivity index (χ1) is 18.5. The molecule has 222 valence electrons. The molecule has 40 heavy (non-hydrogen) atoms. The van der Waals surface area contributed by atoms with Gasteiger partial charge in [0.1, 0.15) is 24.1 Å². The largest absolute Gasteiger partial charge is 0.463 e. The number of carbonyl (C=O) groups is 5. The Morgan fingerprint density at radius 2 is 1.50 bits per heavy atom. The van der Waals surface area contributed by atoms with Gasteiger partial charge < -0.3 is 33.5 Å². The molecule has 0 aromatic heterocycles. The van der Waals surface area contributed by atoms with Crippen molar-refractivity contribution in [2.75, 3.05) is 6.61 Å². The number of fused-ring (bicyclic) bond motifs is 1. The van der Waals surface area contributed by atoms with Gasteiger partial charge in [0.15, 0.2) is 24.6 Å². The summed E-state index contributed by atoms with van der Waals surface area (Å²) < 4.78 is 34.4. The fraction of sp³-hybridized carbons (Fsp3) is 0.750. The standard InChI is InChI=1S/C28H38O12/c1-13-10-28(11-14(2)27(8-9-27)26(7,34)24(28)20(13)33)40-25-23(38-18(6)32)22(37-17(5)31)21(36-16(4)30)19(39-25)12-35-15(3)29/h11,13,19,21-25,34H,8-10,12H2,1-7H3/t13-,19+,21+,22-,23+,24+,25-,26+,28-/m1/s1. The van der Waals surface area contributed by atoms with Gasteiger partial charge >= 0.3 is 23.9 Å². The molecule has 1 N–H and O–H groups in total. The highest BCUT2D eigenvalue weighted by Gasteiger charge is 2.72. The summed E-state index contributed by atoms with van der Waals surface area (Å²) in [6, 6.07) is 0. The van der Waals surface area contributed by atoms with E-state index in [2.05, 4.69) is 0 Å². The zero-order valence-electron chi connectivity index (χ0n) is 23.9. The van der Waals surface area contributed by atoms with Gasteiger partial charge in [-0.05, 0) is 33.1 Å². The lowest BCUT2D eigenvalue weighted by Gasteiger charge is -2.52. The maximum absolute atomic E-state index is 13.5. The lowest BCUT2D eigenvalue weighted by molar-refractivity contribution is -0.333. The Hall–Kier alpha value is -2.83. The van der Waals surface area contributed by atoms with E-state index in [1.54, 1.807) is 13.8 Å². The Kier molecular flexibility index (Phi) is 7.94. The van der Waals surface area contributed by atoms with E-state index < -0.39 is 89.6 Å². The van der Waals surface area contributed by atoms with Gasteiger partial charge in [0.2, 0.25) is 0 Å². The Morgan fingerprint density at radius 1 is 0.950 bits per heavy atom. The van der Waals surface area contributed by atoms with Gasteiger partial charge in [-0.25, -0.2) is 0 Å². The van der Waals surface area contributed by atoms with E-state index in [-0.39, 0.29) is 12.2 Å². The van der Waals surface area contributed by atoms with Crippen LogP contribution in [0, 0.1) is 17.3 Å². The second-order valence-electron chi connectivity index (χ2n) is 11.6. The quantitative estimate of drug-likeness (QED) is 0.269. The molecule has 4 rings (SSSR count). The molecule has 1 heterocycles. The Morgan fingerprint density at radius 3 is 2.02 bits per heavy atom. The predicted molar refractivity (Wildman–Crippen MR) is 134 cm³/mol. The molecule has 0 unspecified atom stereocenters. The van der Waals surface area contributed by atoms with Gasteiger partial charge in [0, 0.05) is 39.0 Å². The SMILES string of the molecule is CC(=O)OC[C@@H]1O[C@H](O[C@]23C=C(C)C4(CC4)[C@@](C)(O)[C@@H]2C(=O)[C@H](C)C3)[C@@H](OC(C)=O)[C@H](OC(C)=O)[C@H]1OC(C)=O. The van der Waals surface area contributed by atoms with Crippen LogP contribution in [0.4, 0.5) is 0 Å². The van der Waals surface area contributed by atoms with Crippen molar-refractivity contribution in [3.05, 3.63) is 11.6 Å². The average molecular weight is 567 g/mol. The first-order valence-corrected chi connectivity index (χ1v) is 13.5. The minimum Gasteiger partial charge on any atom is -0.463 e. The van der Waals surface area contributed by atoms with Crippen LogP contribution in [-0.4, -0.2) is 83.3 Å². The Labute approximate surface area is 232 Å². The molecular weight excluding hydrogens is 528 g/mol. The molecule has 0 amide bonds. The lowest BCUT2D eigenvalue weighted by Crippen LogP contribution is -2.66. The van der Waals surface area contributed by atoms with Crippen molar-refractivity contribution >= 4 is 29.7 Å². The lowest BCUT2D eigenvalue weighted by atomic mass is 9.61. The van der Waals surface area contributed by atoms with Crippen molar-refractivity contribution in [1.82, 2.24) is 0 Å². The van der Waals surface area contributed by atoms with Crippen molar-refractivity contribution < 1.29 is 57.5 Å². The first kappa shape index (κ1) is 30.1. The number of ether oxygens (including phenoxy) is 6. The number of aliphatic hydroxyl groups is 1. The normalized spacial score (nSPS) is 39.5. The highest BCUT2D eigenvalue weighted by atomic mass is 16.7. The molecule has 0 aromatic carbocycles. The fourth-order valence-electron chi connectivity index (χ4n) is 6.97. The fourth-order valence-corrected chi connectivity index (χ4v) is 6.97. The molecule has 9 atom stereocenters. The summed E-state index contributed by atoms with van der Waals surface area (Å²) >= 11 is 0. The van der Waals surface area contributed by atoms with Gasteiger partial charge in [-0.2, -0.15) is 0 Å². The van der Waals surface area contributed by atoms with Crippen LogP contribution in [0.25, 0.3) is 0 Å². The van der Waals surface area contributed by atoms with Crippen molar-refractivity contribution in [2.45, 2.75) is 110 Å². The maximum Gasteiger partial charge on any atom is 0.303 e. The van der Waals surface area contributed by atoms with Crippen molar-refractivity contribution in [3.63, 3.8) is 0 Å². The van der Waals surface area contributed by atoms with Crippen LogP contribution >= 0.6 is 0 Å². The van der Waals surface area contributed by atoms with Crippen molar-refractivity contribution in [1.29, 1.82) is 0 Å². The van der Waals surface area contributed by atoms with E-state index >= 15 is 0 Å². The molecule has 1 aliphatic heterocycles. The van der Waals surface area contributed by atoms with Crippen LogP contribution in [0.5, 0.6) is 0 Å². The minimum atomic E-state index is -1.46. The number of carbonyl (C=O) groups excluding carboxylic acids is 5. The monoisotopic (exact) mass is 566 g/mol. The summed E-state index contributed by atoms with van der Waals surface area (Å²) in [6.45, 7) is 9.50. The number of ketones is 1. The van der Waals surface area contributed by atoms with Gasteiger partial charge in [-0.1, -0.05) is 18.6 Å². The molecular formula is C28H38O12. The predicted octanol–water partition coefficient (Wildman–Crippen LogP) is 1.54. The summed E-state index contributed by atoms with van der Waals surface area (Å²) in [7, 11) is 0. The zero-order valence-corrected chi connectivity index (χ0v) is 23.9. The van der Waals surface area contributed by atoms with E-state index in [1.165, 1.54) is 6.92 Å². The van der Waals surface area contributed by atoms with E-state index in [1.807, 2.05) is 13.0 Å². The first-order valence-electron chi connectivity index (χ1n) is 13.5. The molecule has 1 saturated heterocycles. The summed E-state index contributed by atoms with van der Waals surface area (Å²) in [4.78, 5) is 61.6. The zero-order chi connectivity index (χ0) is 29.8. The molecule has 0 bridgehead atoms. The van der Waals surface area contributed by atoms with Crippen LogP contribution in [0.15, 0.2) is 11.6 Å². The number of hydrogen-bond donors (Lipinski definition) is 1. The number of esters is 4. The van der Waals surface area contributed by atoms with Gasteiger partial charge in [-0.15, -0.1) is 0 Å². The second kappa shape index (κ2) is 10.5. The summed E-state index contributed by atoms with van der Waals surface area (Å²) in [5.74, 6) is -4.48. The highest BCUT2D eigenvalue weighted by molar-refractivity contribution is 5.89. The Bertz CT molecular complexity index is 1120. The van der Waals surface area contributed by atoms with Crippen LogP contribution < -0.4 is 0 Å². The highest BCUT2D eigenvalue weighted by Crippen LogP contribution is 2.68. The number of rotatable bonds is 7. The van der Waals surface area contributed by atoms with Crippen molar-refractivity contribution in [2.24, 2.45) is 17.3 Å². The maximum atomic E-state index is 13.5. The molecule has 3 aliphatic carbocycles. The third-order valence-electron chi connectivity index (χ3n) is 8.66. The van der Waals surface area contributed by atoms with Crippen LogP contribution in [-0.2, 0) is 52.4 Å². The average Bonchev–Trinajstić information content (AvgIpc) is 3.58. The molecule has 0 radical (unpaired) electrons. The van der Waals surface area contributed by atoms with Gasteiger partial charge in [0.05, 0.1) is 11.5 Å². The molecule has 1 spiro atoms. The summed E-state index contributed by atoms with van der Waals surface area (Å²) in [5, 5.41) is 11.9. The molecule has 0 aromatic rings. The number of hydrogen-bond acceptors (Lipinski definition) is 12. The third-order valence-corrected chi connectivity index (χ3v) is 8.66. The van der Waals surface area contributed by atoms with E-state index in [9.17, 15) is 29.1 Å². The minimum absolute atomic E-state index is 0.161. The topological polar surface area (TPSA) is 161 Å². The summed E-state index contributed by atoms with van der Waals surface area (Å²) in [5.41, 5.74) is -2.43. The molecule has 12 nitrogen and oxygen atoms in total. The van der Waals surface area contributed by atoms with Crippen LogP contribution in [0.3, 0.4) is 0 Å². The molecule has 3 fully saturated rings. The van der Waals surface area contributed by atoms with Crippen molar-refractivity contribution in [3.8, 4) is 0 Å². The number of Topliss-reactive ketones (excluding diaryl/α,β-unsaturated/α-hetero) is 1. The van der Waals surface area contributed by atoms with E-state index in [4.69, 9.17) is 28.4 Å². The molecule has 4 aliphatic rings. The Balaban J connectivity index is 1.80. The van der Waals surface area contributed by atoms with Crippen LogP contribution in [0.1, 0.15) is 67.7 Å². The second-order valence-corrected chi connectivity index (χ2v) is 11.6. The molecule has 12 heteroatoms. The third kappa shape index (κ3) is 5.16. The van der Waals surface area contributed by atoms with E-state index in [0.717, 1.165) is 39.2 Å². The van der Waals surface area contributed by atoms with Crippen LogP contribution in [0.2, 0.25) is 0 Å². The van der Waals surface area contributed by atoms with Gasteiger partial charge in [-0.3, -0.25) is 24.0 Å². The molecule has 2 saturated carbocycles. The smallest absolute Gasteiger partial charge is 0.303 e.